The number of nitrogens with zero attached hydrogens (tertiary/aromatic N) is 6. The summed E-state index contributed by atoms with van der Waals surface area (Å²) in [5.74, 6) is 0.935. The number of anilines is 3. The number of aromatic nitrogens is 4. The molecule has 164 valence electrons. The Morgan fingerprint density at radius 3 is 2.88 bits per heavy atom. The lowest BCUT2D eigenvalue weighted by Gasteiger charge is -2.38. The van der Waals surface area contributed by atoms with Crippen molar-refractivity contribution >= 4 is 23.1 Å². The Morgan fingerprint density at radius 2 is 2.12 bits per heavy atom. The average molecular weight is 431 g/mol. The number of carbonyl (C=O) groups excluding carboxylic acids is 1. The third kappa shape index (κ3) is 4.25. The van der Waals surface area contributed by atoms with Crippen molar-refractivity contribution in [2.75, 3.05) is 22.6 Å². The molecule has 9 nitrogen and oxygen atoms in total. The first-order valence-corrected chi connectivity index (χ1v) is 10.5. The van der Waals surface area contributed by atoms with Crippen LogP contribution in [0.4, 0.5) is 17.2 Å². The van der Waals surface area contributed by atoms with Gasteiger partial charge in [0.15, 0.2) is 0 Å². The minimum atomic E-state index is -0.217. The maximum absolute atomic E-state index is 12.5. The van der Waals surface area contributed by atoms with Gasteiger partial charge in [-0.3, -0.25) is 9.48 Å². The van der Waals surface area contributed by atoms with Crippen molar-refractivity contribution in [2.45, 2.75) is 39.9 Å². The second-order valence-corrected chi connectivity index (χ2v) is 8.34. The molecule has 2 N–H and O–H groups in total. The van der Waals surface area contributed by atoms with Crippen LogP contribution in [0.2, 0.25) is 0 Å². The largest absolute Gasteiger partial charge is 0.366 e. The van der Waals surface area contributed by atoms with Crippen molar-refractivity contribution in [3.8, 4) is 6.07 Å². The number of hydrogen-bond donors (Lipinski definition) is 2. The predicted octanol–water partition coefficient (Wildman–Crippen LogP) is 2.93. The summed E-state index contributed by atoms with van der Waals surface area (Å²) in [4.78, 5) is 23.1. The van der Waals surface area contributed by atoms with Crippen LogP contribution in [0.15, 0.2) is 36.8 Å². The summed E-state index contributed by atoms with van der Waals surface area (Å²) in [6, 6.07) is 7.45. The van der Waals surface area contributed by atoms with E-state index in [-0.39, 0.29) is 17.9 Å². The third-order valence-electron chi connectivity index (χ3n) is 5.57. The molecule has 32 heavy (non-hydrogen) atoms. The van der Waals surface area contributed by atoms with Gasteiger partial charge in [0.2, 0.25) is 5.91 Å². The summed E-state index contributed by atoms with van der Waals surface area (Å²) in [7, 11) is 1.95. The van der Waals surface area contributed by atoms with Crippen LogP contribution in [0, 0.1) is 24.2 Å². The van der Waals surface area contributed by atoms with Crippen molar-refractivity contribution in [1.29, 1.82) is 5.26 Å². The molecule has 0 saturated heterocycles. The first-order chi connectivity index (χ1) is 15.4. The summed E-state index contributed by atoms with van der Waals surface area (Å²) in [5.41, 5.74) is 4.87. The van der Waals surface area contributed by atoms with Gasteiger partial charge in [-0.2, -0.15) is 10.4 Å². The monoisotopic (exact) mass is 430 g/mol. The Labute approximate surface area is 187 Å². The fourth-order valence-electron chi connectivity index (χ4n) is 4.05. The van der Waals surface area contributed by atoms with Crippen LogP contribution in [0.1, 0.15) is 36.4 Å². The van der Waals surface area contributed by atoms with Gasteiger partial charge in [-0.05, 0) is 30.5 Å². The van der Waals surface area contributed by atoms with E-state index in [9.17, 15) is 4.79 Å². The molecular weight excluding hydrogens is 404 g/mol. The van der Waals surface area contributed by atoms with Gasteiger partial charge in [-0.15, -0.1) is 0 Å². The van der Waals surface area contributed by atoms with Gasteiger partial charge >= 0.3 is 0 Å². The van der Waals surface area contributed by atoms with Crippen LogP contribution in [-0.2, 0) is 17.9 Å². The summed E-state index contributed by atoms with van der Waals surface area (Å²) in [6.45, 7) is 7.12. The first kappa shape index (κ1) is 21.3. The Morgan fingerprint density at radius 1 is 1.31 bits per heavy atom. The highest BCUT2D eigenvalue weighted by Crippen LogP contribution is 2.36. The molecule has 1 aliphatic heterocycles. The van der Waals surface area contributed by atoms with Gasteiger partial charge in [0.1, 0.15) is 23.6 Å². The van der Waals surface area contributed by atoms with Gasteiger partial charge in [0, 0.05) is 37.6 Å². The van der Waals surface area contributed by atoms with Gasteiger partial charge in [0.25, 0.3) is 0 Å². The molecule has 1 amide bonds. The standard InChI is InChI=1S/C23H26N8O/c1-14(2)22-23(32)29-21-15(3)28-20(8-19(21)30(22)4)26-10-17-11-27-31(13-17)12-16-5-6-25-18(7-16)9-24/h5-8,11,13-14,22H,10,12H2,1-4H3,(H,26,28)(H,29,32)/t22-/m0/s1. The maximum Gasteiger partial charge on any atom is 0.247 e. The quantitative estimate of drug-likeness (QED) is 0.618. The van der Waals surface area contributed by atoms with E-state index in [1.54, 1.807) is 12.3 Å². The average Bonchev–Trinajstić information content (AvgIpc) is 3.20. The molecule has 9 heteroatoms. The Hall–Kier alpha value is -3.93. The molecule has 0 bridgehead atoms. The molecule has 0 spiro atoms. The minimum absolute atomic E-state index is 0.00381. The fraction of sp³-hybridized carbons (Fsp3) is 0.348. The van der Waals surface area contributed by atoms with Crippen molar-refractivity contribution in [3.05, 3.63) is 59.3 Å². The van der Waals surface area contributed by atoms with Gasteiger partial charge in [0.05, 0.1) is 29.8 Å². The van der Waals surface area contributed by atoms with E-state index < -0.39 is 0 Å². The number of likely N-dealkylation sites (N-methyl/N-ethyl adjacent to an activating group) is 1. The molecule has 4 rings (SSSR count). The van der Waals surface area contributed by atoms with Crippen LogP contribution in [-0.4, -0.2) is 38.7 Å². The lowest BCUT2D eigenvalue weighted by Crippen LogP contribution is -2.49. The smallest absolute Gasteiger partial charge is 0.247 e. The van der Waals surface area contributed by atoms with Crippen molar-refractivity contribution in [3.63, 3.8) is 0 Å². The Balaban J connectivity index is 1.46. The van der Waals surface area contributed by atoms with Crippen molar-refractivity contribution in [1.82, 2.24) is 19.7 Å². The number of nitrogens with one attached hydrogen (secondary N) is 2. The normalized spacial score (nSPS) is 15.3. The summed E-state index contributed by atoms with van der Waals surface area (Å²) < 4.78 is 1.83. The molecule has 1 atom stereocenters. The molecular formula is C23H26N8O. The zero-order chi connectivity index (χ0) is 22.8. The molecule has 1 aliphatic rings. The van der Waals surface area contributed by atoms with Crippen LogP contribution >= 0.6 is 0 Å². The number of amides is 1. The summed E-state index contributed by atoms with van der Waals surface area (Å²) >= 11 is 0. The molecule has 0 saturated carbocycles. The van der Waals surface area contributed by atoms with E-state index in [2.05, 4.69) is 31.8 Å². The molecule has 0 aliphatic carbocycles. The topological polar surface area (TPSA) is 112 Å². The van der Waals surface area contributed by atoms with Gasteiger partial charge in [-0.1, -0.05) is 13.8 Å². The van der Waals surface area contributed by atoms with E-state index in [0.717, 1.165) is 34.0 Å². The van der Waals surface area contributed by atoms with Gasteiger partial charge in [-0.25, -0.2) is 9.97 Å². The van der Waals surface area contributed by atoms with Crippen LogP contribution in [0.25, 0.3) is 0 Å². The van der Waals surface area contributed by atoms with E-state index in [1.807, 2.05) is 61.9 Å². The molecule has 0 radical (unpaired) electrons. The van der Waals surface area contributed by atoms with Crippen LogP contribution in [0.3, 0.4) is 0 Å². The molecule has 0 aromatic carbocycles. The van der Waals surface area contributed by atoms with E-state index >= 15 is 0 Å². The highest BCUT2D eigenvalue weighted by Gasteiger charge is 2.34. The first-order valence-electron chi connectivity index (χ1n) is 10.5. The van der Waals surface area contributed by atoms with E-state index in [0.29, 0.717) is 18.8 Å². The lowest BCUT2D eigenvalue weighted by atomic mass is 9.98. The highest BCUT2D eigenvalue weighted by atomic mass is 16.2. The van der Waals surface area contributed by atoms with Gasteiger partial charge < -0.3 is 15.5 Å². The number of aryl methyl sites for hydroxylation is 1. The molecule has 4 heterocycles. The number of carbonyl (C=O) groups is 1. The van der Waals surface area contributed by atoms with Crippen LogP contribution in [0.5, 0.6) is 0 Å². The lowest BCUT2D eigenvalue weighted by molar-refractivity contribution is -0.118. The maximum atomic E-state index is 12.5. The SMILES string of the molecule is Cc1nc(NCc2cnn(Cc3ccnc(C#N)c3)c2)cc2c1NC(=O)[C@H](C(C)C)N2C. The zero-order valence-corrected chi connectivity index (χ0v) is 18.6. The third-order valence-corrected chi connectivity index (χ3v) is 5.57. The van der Waals surface area contributed by atoms with E-state index in [4.69, 9.17) is 5.26 Å². The van der Waals surface area contributed by atoms with Crippen LogP contribution < -0.4 is 15.5 Å². The number of rotatable bonds is 6. The number of hydrogen-bond acceptors (Lipinski definition) is 7. The summed E-state index contributed by atoms with van der Waals surface area (Å²) in [6.07, 6.45) is 5.41. The fourth-order valence-corrected chi connectivity index (χ4v) is 4.05. The number of nitriles is 1. The Bertz CT molecular complexity index is 1190. The number of pyridine rings is 2. The minimum Gasteiger partial charge on any atom is -0.366 e. The summed E-state index contributed by atoms with van der Waals surface area (Å²) in [5, 5.41) is 19.8. The molecule has 0 unspecified atom stereocenters. The second-order valence-electron chi connectivity index (χ2n) is 8.34. The van der Waals surface area contributed by atoms with Crippen molar-refractivity contribution < 1.29 is 4.79 Å². The Kier molecular flexibility index (Phi) is 5.77. The van der Waals surface area contributed by atoms with E-state index in [1.165, 1.54) is 0 Å². The number of fused-ring (bicyclic) bond motifs is 1. The predicted molar refractivity (Wildman–Crippen MR) is 122 cm³/mol. The zero-order valence-electron chi connectivity index (χ0n) is 18.6. The molecule has 3 aromatic rings. The van der Waals surface area contributed by atoms with Crippen molar-refractivity contribution in [2.24, 2.45) is 5.92 Å². The highest BCUT2D eigenvalue weighted by molar-refractivity contribution is 6.04. The molecule has 0 fully saturated rings. The second kappa shape index (κ2) is 8.67. The molecule has 3 aromatic heterocycles.